The summed E-state index contributed by atoms with van der Waals surface area (Å²) in [6.07, 6.45) is 0.675. The molecule has 0 fully saturated rings. The van der Waals surface area contributed by atoms with Gasteiger partial charge in [-0.3, -0.25) is 0 Å². The maximum Gasteiger partial charge on any atom is 0.370 e. The van der Waals surface area contributed by atoms with Gasteiger partial charge in [-0.15, -0.1) is 11.3 Å². The topological polar surface area (TPSA) is 49.4 Å². The molecule has 0 radical (unpaired) electrons. The van der Waals surface area contributed by atoms with Gasteiger partial charge in [0.1, 0.15) is 6.54 Å². The third kappa shape index (κ3) is 2.65. The fraction of sp³-hybridized carbons (Fsp3) is 0.312. The summed E-state index contributed by atoms with van der Waals surface area (Å²) >= 11 is 7.89. The molecular weight excluding hydrogens is 322 g/mol. The number of carbonyl (C=O) groups excluding carboxylic acids is 1. The highest BCUT2D eigenvalue weighted by Gasteiger charge is 2.41. The molecule has 116 valence electrons. The average Bonchev–Trinajstić information content (AvgIpc) is 2.96. The lowest BCUT2D eigenvalue weighted by molar-refractivity contribution is -0.917. The zero-order valence-electron chi connectivity index (χ0n) is 12.1. The van der Waals surface area contributed by atoms with E-state index in [9.17, 15) is 10.0 Å². The van der Waals surface area contributed by atoms with Gasteiger partial charge in [-0.25, -0.2) is 4.79 Å². The molecule has 0 bridgehead atoms. The van der Waals surface area contributed by atoms with E-state index in [1.54, 1.807) is 35.6 Å². The first-order valence-electron chi connectivity index (χ1n) is 7.00. The van der Waals surface area contributed by atoms with Gasteiger partial charge in [0, 0.05) is 22.4 Å². The molecule has 1 aliphatic rings. The number of quaternary nitrogens is 1. The van der Waals surface area contributed by atoms with E-state index >= 15 is 0 Å². The first-order chi connectivity index (χ1) is 10.5. The van der Waals surface area contributed by atoms with Crippen LogP contribution in [0.4, 0.5) is 0 Å². The van der Waals surface area contributed by atoms with Crippen molar-refractivity contribution < 1.29 is 14.2 Å². The molecule has 1 aromatic heterocycles. The summed E-state index contributed by atoms with van der Waals surface area (Å²) < 4.78 is 4.25. The largest absolute Gasteiger partial charge is 0.632 e. The Balaban J connectivity index is 2.04. The number of hydrogen-bond donors (Lipinski definition) is 0. The molecule has 1 aliphatic heterocycles. The molecule has 22 heavy (non-hydrogen) atoms. The zero-order valence-corrected chi connectivity index (χ0v) is 13.7. The standard InChI is InChI=1S/C16H16ClNO3S/c1-21-16(19)15(12-4-2-3-5-13(12)17)18(20)8-6-14-11(10-18)7-9-22-14/h2-5,7,9,15H,6,8,10H2,1H3/t15?,18-/m0/s1. The molecular formula is C16H16ClNO3S. The summed E-state index contributed by atoms with van der Waals surface area (Å²) in [6.45, 7) is 0.613. The summed E-state index contributed by atoms with van der Waals surface area (Å²) in [5.41, 5.74) is 1.55. The fourth-order valence-corrected chi connectivity index (χ4v) is 4.12. The second-order valence-corrected chi connectivity index (χ2v) is 6.81. The molecule has 0 saturated carbocycles. The van der Waals surface area contributed by atoms with Crippen molar-refractivity contribution in [2.45, 2.75) is 19.0 Å². The quantitative estimate of drug-likeness (QED) is 0.487. The van der Waals surface area contributed by atoms with E-state index in [2.05, 4.69) is 0 Å². The lowest BCUT2D eigenvalue weighted by Gasteiger charge is -2.49. The highest BCUT2D eigenvalue weighted by Crippen LogP contribution is 2.39. The Morgan fingerprint density at radius 2 is 2.18 bits per heavy atom. The predicted octanol–water partition coefficient (Wildman–Crippen LogP) is 3.69. The molecule has 0 amide bonds. The van der Waals surface area contributed by atoms with Gasteiger partial charge in [-0.05, 0) is 17.5 Å². The lowest BCUT2D eigenvalue weighted by atomic mass is 10.00. The molecule has 2 aromatic rings. The number of esters is 1. The molecule has 1 unspecified atom stereocenters. The van der Waals surface area contributed by atoms with Gasteiger partial charge in [0.05, 0.1) is 18.7 Å². The summed E-state index contributed by atoms with van der Waals surface area (Å²) in [7, 11) is 1.30. The number of halogens is 1. The number of thiophene rings is 1. The zero-order chi connectivity index (χ0) is 15.7. The van der Waals surface area contributed by atoms with Crippen LogP contribution in [0.5, 0.6) is 0 Å². The lowest BCUT2D eigenvalue weighted by Crippen LogP contribution is -2.51. The van der Waals surface area contributed by atoms with E-state index in [0.717, 1.165) is 5.56 Å². The number of fused-ring (bicyclic) bond motifs is 1. The van der Waals surface area contributed by atoms with Crippen LogP contribution in [-0.2, 0) is 22.5 Å². The average molecular weight is 338 g/mol. The minimum atomic E-state index is -0.952. The van der Waals surface area contributed by atoms with Crippen molar-refractivity contribution in [2.75, 3.05) is 13.7 Å². The van der Waals surface area contributed by atoms with E-state index in [1.807, 2.05) is 11.4 Å². The molecule has 3 rings (SSSR count). The number of nitrogens with zero attached hydrogens (tertiary/aromatic N) is 1. The monoisotopic (exact) mass is 337 g/mol. The van der Waals surface area contributed by atoms with Crippen LogP contribution in [0, 0.1) is 5.21 Å². The van der Waals surface area contributed by atoms with Crippen molar-refractivity contribution in [3.8, 4) is 0 Å². The molecule has 1 aromatic carbocycles. The van der Waals surface area contributed by atoms with Crippen LogP contribution >= 0.6 is 22.9 Å². The van der Waals surface area contributed by atoms with Gasteiger partial charge in [0.2, 0.25) is 6.04 Å². The van der Waals surface area contributed by atoms with E-state index < -0.39 is 16.7 Å². The summed E-state index contributed by atoms with van der Waals surface area (Å²) in [6, 6.07) is 7.99. The van der Waals surface area contributed by atoms with E-state index in [-0.39, 0.29) is 6.54 Å². The van der Waals surface area contributed by atoms with E-state index in [4.69, 9.17) is 16.3 Å². The second kappa shape index (κ2) is 6.01. The number of carbonyl (C=O) groups is 1. The third-order valence-corrected chi connectivity index (χ3v) is 5.46. The maximum absolute atomic E-state index is 13.4. The van der Waals surface area contributed by atoms with Crippen molar-refractivity contribution in [1.82, 2.24) is 0 Å². The van der Waals surface area contributed by atoms with Crippen molar-refractivity contribution in [2.24, 2.45) is 0 Å². The van der Waals surface area contributed by atoms with E-state index in [0.29, 0.717) is 23.6 Å². The van der Waals surface area contributed by atoms with Crippen LogP contribution in [0.15, 0.2) is 35.7 Å². The van der Waals surface area contributed by atoms with Gasteiger partial charge in [-0.1, -0.05) is 29.8 Å². The number of methoxy groups -OCH3 is 1. The van der Waals surface area contributed by atoms with Gasteiger partial charge < -0.3 is 14.6 Å². The minimum absolute atomic E-state index is 0.268. The Bertz CT molecular complexity index is 702. The third-order valence-electron chi connectivity index (χ3n) is 4.09. The Kier molecular flexibility index (Phi) is 4.23. The summed E-state index contributed by atoms with van der Waals surface area (Å²) in [4.78, 5) is 13.6. The van der Waals surface area contributed by atoms with Crippen LogP contribution in [0.1, 0.15) is 22.0 Å². The predicted molar refractivity (Wildman–Crippen MR) is 86.4 cm³/mol. The molecule has 2 heterocycles. The Morgan fingerprint density at radius 1 is 1.41 bits per heavy atom. The van der Waals surface area contributed by atoms with Crippen LogP contribution in [0.25, 0.3) is 0 Å². The van der Waals surface area contributed by atoms with Gasteiger partial charge >= 0.3 is 5.97 Å². The number of ether oxygens (including phenoxy) is 1. The molecule has 0 spiro atoms. The number of hydroxylamine groups is 3. The van der Waals surface area contributed by atoms with Crippen LogP contribution in [0.3, 0.4) is 0 Å². The Hall–Kier alpha value is -1.40. The maximum atomic E-state index is 13.4. The molecule has 0 aliphatic carbocycles. The molecule has 6 heteroatoms. The number of rotatable bonds is 3. The first-order valence-corrected chi connectivity index (χ1v) is 8.26. The Labute approximate surface area is 138 Å². The summed E-state index contributed by atoms with van der Waals surface area (Å²) in [5, 5.41) is 15.8. The summed E-state index contributed by atoms with van der Waals surface area (Å²) in [5.74, 6) is -0.540. The molecule has 2 atom stereocenters. The van der Waals surface area contributed by atoms with Crippen molar-refractivity contribution in [3.05, 3.63) is 61.9 Å². The second-order valence-electron chi connectivity index (χ2n) is 5.40. The Morgan fingerprint density at radius 3 is 2.91 bits per heavy atom. The van der Waals surface area contributed by atoms with Crippen LogP contribution in [-0.4, -0.2) is 24.3 Å². The van der Waals surface area contributed by atoms with Crippen molar-refractivity contribution in [1.29, 1.82) is 0 Å². The van der Waals surface area contributed by atoms with Crippen molar-refractivity contribution >= 4 is 28.9 Å². The highest BCUT2D eigenvalue weighted by molar-refractivity contribution is 7.10. The minimum Gasteiger partial charge on any atom is -0.632 e. The SMILES string of the molecule is COC(=O)C(c1ccccc1Cl)[N@+]1([O-])CCc2sccc2C1. The number of benzene rings is 1. The van der Waals surface area contributed by atoms with E-state index in [1.165, 1.54) is 12.0 Å². The number of hydrogen-bond acceptors (Lipinski definition) is 4. The van der Waals surface area contributed by atoms with Gasteiger partial charge in [0.25, 0.3) is 0 Å². The van der Waals surface area contributed by atoms with Crippen molar-refractivity contribution in [3.63, 3.8) is 0 Å². The first kappa shape index (κ1) is 15.5. The fourth-order valence-electron chi connectivity index (χ4n) is 2.99. The van der Waals surface area contributed by atoms with Gasteiger partial charge in [-0.2, -0.15) is 0 Å². The van der Waals surface area contributed by atoms with Crippen LogP contribution < -0.4 is 0 Å². The smallest absolute Gasteiger partial charge is 0.370 e. The van der Waals surface area contributed by atoms with Crippen LogP contribution in [0.2, 0.25) is 5.02 Å². The normalized spacial score (nSPS) is 22.0. The molecule has 4 nitrogen and oxygen atoms in total. The molecule has 0 saturated heterocycles. The molecule has 0 N–H and O–H groups in total. The highest BCUT2D eigenvalue weighted by atomic mass is 35.5. The van der Waals surface area contributed by atoms with Gasteiger partial charge in [0.15, 0.2) is 0 Å².